The zero-order chi connectivity index (χ0) is 23.3. The molecule has 0 aliphatic carbocycles. The number of halogens is 1. The molecule has 3 rings (SSSR count). The number of sulfonamides is 1. The third kappa shape index (κ3) is 6.30. The second kappa shape index (κ2) is 10.1. The first-order chi connectivity index (χ1) is 15.1. The van der Waals surface area contributed by atoms with Gasteiger partial charge in [-0.25, -0.2) is 8.42 Å². The summed E-state index contributed by atoms with van der Waals surface area (Å²) < 4.78 is 31.0. The van der Waals surface area contributed by atoms with Gasteiger partial charge in [0.05, 0.1) is 23.5 Å². The summed E-state index contributed by atoms with van der Waals surface area (Å²) in [6, 6.07) is 12.7. The molecule has 8 nitrogen and oxygen atoms in total. The van der Waals surface area contributed by atoms with Crippen LogP contribution >= 0.6 is 11.6 Å². The summed E-state index contributed by atoms with van der Waals surface area (Å²) >= 11 is 6.13. The van der Waals surface area contributed by atoms with E-state index in [1.54, 1.807) is 18.2 Å². The summed E-state index contributed by atoms with van der Waals surface area (Å²) in [6.45, 7) is 4.10. The highest BCUT2D eigenvalue weighted by atomic mass is 35.5. The highest BCUT2D eigenvalue weighted by Gasteiger charge is 2.18. The highest BCUT2D eigenvalue weighted by Crippen LogP contribution is 2.25. The number of carbonyl (C=O) groups excluding carboxylic acids is 1. The largest absolute Gasteiger partial charge is 0.347 e. The molecule has 32 heavy (non-hydrogen) atoms. The predicted molar refractivity (Wildman–Crippen MR) is 124 cm³/mol. The standard InChI is InChI=1S/C22H25ClN4O4S/c1-15-11-16(2)13-17(12-15)27(32(3,29)30)10-6-9-20(28)24-14-21-25-22(26-31-21)18-7-4-5-8-19(18)23/h4-5,7-8,11-13H,6,9-10,14H2,1-3H3,(H,24,28). The van der Waals surface area contributed by atoms with Crippen molar-refractivity contribution in [2.24, 2.45) is 0 Å². The second-order valence-electron chi connectivity index (χ2n) is 7.55. The molecule has 1 heterocycles. The molecule has 0 aliphatic rings. The van der Waals surface area contributed by atoms with Crippen molar-refractivity contribution in [2.75, 3.05) is 17.1 Å². The normalized spacial score (nSPS) is 11.4. The maximum atomic E-state index is 12.3. The number of hydrogen-bond acceptors (Lipinski definition) is 6. The lowest BCUT2D eigenvalue weighted by Gasteiger charge is -2.23. The monoisotopic (exact) mass is 476 g/mol. The van der Waals surface area contributed by atoms with Gasteiger partial charge in [-0.15, -0.1) is 0 Å². The van der Waals surface area contributed by atoms with Gasteiger partial charge in [-0.2, -0.15) is 4.98 Å². The van der Waals surface area contributed by atoms with E-state index in [0.717, 1.165) is 17.4 Å². The molecule has 170 valence electrons. The van der Waals surface area contributed by atoms with Crippen molar-refractivity contribution < 1.29 is 17.7 Å². The van der Waals surface area contributed by atoms with Gasteiger partial charge in [0.2, 0.25) is 27.6 Å². The van der Waals surface area contributed by atoms with Crippen molar-refractivity contribution in [1.82, 2.24) is 15.5 Å². The number of nitrogens with zero attached hydrogens (tertiary/aromatic N) is 3. The number of anilines is 1. The van der Waals surface area contributed by atoms with Crippen LogP contribution < -0.4 is 9.62 Å². The van der Waals surface area contributed by atoms with Crippen LogP contribution in [0.3, 0.4) is 0 Å². The average Bonchev–Trinajstić information content (AvgIpc) is 3.17. The fourth-order valence-electron chi connectivity index (χ4n) is 3.31. The number of carbonyl (C=O) groups is 1. The Balaban J connectivity index is 1.54. The molecule has 1 amide bonds. The number of aryl methyl sites for hydroxylation is 2. The Morgan fingerprint density at radius 3 is 2.50 bits per heavy atom. The third-order valence-corrected chi connectivity index (χ3v) is 6.20. The summed E-state index contributed by atoms with van der Waals surface area (Å²) in [5, 5.41) is 7.11. The van der Waals surface area contributed by atoms with E-state index in [4.69, 9.17) is 16.1 Å². The van der Waals surface area contributed by atoms with E-state index in [2.05, 4.69) is 15.5 Å². The first-order valence-corrected chi connectivity index (χ1v) is 12.3. The van der Waals surface area contributed by atoms with Crippen LogP contribution in [0, 0.1) is 13.8 Å². The fraction of sp³-hybridized carbons (Fsp3) is 0.318. The van der Waals surface area contributed by atoms with Crippen LogP contribution in [-0.4, -0.2) is 37.3 Å². The van der Waals surface area contributed by atoms with E-state index in [-0.39, 0.29) is 31.3 Å². The minimum Gasteiger partial charge on any atom is -0.347 e. The van der Waals surface area contributed by atoms with E-state index in [0.29, 0.717) is 28.5 Å². The summed E-state index contributed by atoms with van der Waals surface area (Å²) in [6.07, 6.45) is 1.68. The number of nitrogens with one attached hydrogen (secondary N) is 1. The first-order valence-electron chi connectivity index (χ1n) is 10.0. The van der Waals surface area contributed by atoms with E-state index in [1.807, 2.05) is 38.1 Å². The molecule has 0 aliphatic heterocycles. The molecule has 0 bridgehead atoms. The molecule has 1 aromatic heterocycles. The summed E-state index contributed by atoms with van der Waals surface area (Å²) in [4.78, 5) is 16.5. The SMILES string of the molecule is Cc1cc(C)cc(N(CCCC(=O)NCc2nc(-c3ccccc3Cl)no2)S(C)(=O)=O)c1. The molecule has 0 fully saturated rings. The number of benzene rings is 2. The highest BCUT2D eigenvalue weighted by molar-refractivity contribution is 7.92. The number of aromatic nitrogens is 2. The second-order valence-corrected chi connectivity index (χ2v) is 9.87. The molecule has 1 N–H and O–H groups in total. The Morgan fingerprint density at radius 2 is 1.84 bits per heavy atom. The molecule has 10 heteroatoms. The van der Waals surface area contributed by atoms with Crippen LogP contribution in [0.4, 0.5) is 5.69 Å². The van der Waals surface area contributed by atoms with Crippen molar-refractivity contribution in [3.05, 3.63) is 64.5 Å². The van der Waals surface area contributed by atoms with Gasteiger partial charge in [0, 0.05) is 18.5 Å². The van der Waals surface area contributed by atoms with Gasteiger partial charge >= 0.3 is 0 Å². The average molecular weight is 477 g/mol. The Morgan fingerprint density at radius 1 is 1.16 bits per heavy atom. The molecule has 0 atom stereocenters. The lowest BCUT2D eigenvalue weighted by atomic mass is 10.1. The molecule has 0 radical (unpaired) electrons. The van der Waals surface area contributed by atoms with Gasteiger partial charge in [-0.05, 0) is 55.7 Å². The lowest BCUT2D eigenvalue weighted by molar-refractivity contribution is -0.121. The third-order valence-electron chi connectivity index (χ3n) is 4.68. The van der Waals surface area contributed by atoms with Gasteiger partial charge in [0.25, 0.3) is 0 Å². The summed E-state index contributed by atoms with van der Waals surface area (Å²) in [5.74, 6) is 0.356. The van der Waals surface area contributed by atoms with E-state index in [1.165, 1.54) is 4.31 Å². The van der Waals surface area contributed by atoms with Gasteiger partial charge in [-0.3, -0.25) is 9.10 Å². The maximum Gasteiger partial charge on any atom is 0.246 e. The van der Waals surface area contributed by atoms with Gasteiger partial charge < -0.3 is 9.84 Å². The van der Waals surface area contributed by atoms with Crippen molar-refractivity contribution in [1.29, 1.82) is 0 Å². The zero-order valence-corrected chi connectivity index (χ0v) is 19.7. The van der Waals surface area contributed by atoms with Gasteiger partial charge in [0.15, 0.2) is 0 Å². The van der Waals surface area contributed by atoms with Crippen molar-refractivity contribution in [2.45, 2.75) is 33.2 Å². The molecule has 0 spiro atoms. The Bertz CT molecular complexity index is 1190. The van der Waals surface area contributed by atoms with Crippen LogP contribution in [0.1, 0.15) is 29.9 Å². The molecule has 0 saturated heterocycles. The van der Waals surface area contributed by atoms with Crippen LogP contribution in [0.25, 0.3) is 11.4 Å². The van der Waals surface area contributed by atoms with Crippen LogP contribution in [-0.2, 0) is 21.4 Å². The summed E-state index contributed by atoms with van der Waals surface area (Å²) in [7, 11) is -3.47. The molecule has 0 unspecified atom stereocenters. The van der Waals surface area contributed by atoms with Crippen molar-refractivity contribution in [3.63, 3.8) is 0 Å². The molecular weight excluding hydrogens is 452 g/mol. The Kier molecular flexibility index (Phi) is 7.52. The lowest BCUT2D eigenvalue weighted by Crippen LogP contribution is -2.32. The summed E-state index contributed by atoms with van der Waals surface area (Å²) in [5.41, 5.74) is 3.19. The quantitative estimate of drug-likeness (QED) is 0.502. The number of hydrogen-bond donors (Lipinski definition) is 1. The Hall–Kier alpha value is -2.91. The Labute approximate surface area is 192 Å². The number of amides is 1. The minimum atomic E-state index is -3.47. The topological polar surface area (TPSA) is 105 Å². The molecular formula is C22H25ClN4O4S. The van der Waals surface area contributed by atoms with E-state index < -0.39 is 10.0 Å². The van der Waals surface area contributed by atoms with Crippen LogP contribution in [0.5, 0.6) is 0 Å². The zero-order valence-electron chi connectivity index (χ0n) is 18.1. The smallest absolute Gasteiger partial charge is 0.246 e. The van der Waals surface area contributed by atoms with Crippen molar-refractivity contribution in [3.8, 4) is 11.4 Å². The van der Waals surface area contributed by atoms with Crippen LogP contribution in [0.15, 0.2) is 47.0 Å². The molecule has 3 aromatic rings. The molecule has 0 saturated carbocycles. The van der Waals surface area contributed by atoms with Gasteiger partial charge in [-0.1, -0.05) is 35.0 Å². The molecule has 2 aromatic carbocycles. The number of rotatable bonds is 9. The predicted octanol–water partition coefficient (Wildman–Crippen LogP) is 3.87. The van der Waals surface area contributed by atoms with E-state index >= 15 is 0 Å². The fourth-order valence-corrected chi connectivity index (χ4v) is 4.47. The minimum absolute atomic E-state index is 0.0726. The maximum absolute atomic E-state index is 12.3. The van der Waals surface area contributed by atoms with Crippen LogP contribution in [0.2, 0.25) is 5.02 Å². The van der Waals surface area contributed by atoms with E-state index in [9.17, 15) is 13.2 Å². The van der Waals surface area contributed by atoms with Crippen molar-refractivity contribution >= 4 is 33.2 Å². The first kappa shape index (κ1) is 23.7. The van der Waals surface area contributed by atoms with Gasteiger partial charge in [0.1, 0.15) is 0 Å².